The molecule has 186 valence electrons. The lowest BCUT2D eigenvalue weighted by Gasteiger charge is -2.24. The van der Waals surface area contributed by atoms with E-state index in [2.05, 4.69) is 31.3 Å². The Balaban J connectivity index is 2.06. The number of para-hydroxylation sites is 1. The molecule has 2 aromatic carbocycles. The molecular weight excluding hydrogens is 490 g/mol. The fourth-order valence-corrected chi connectivity index (χ4v) is 5.51. The van der Waals surface area contributed by atoms with Crippen LogP contribution in [0.3, 0.4) is 0 Å². The van der Waals surface area contributed by atoms with Gasteiger partial charge in [0.15, 0.2) is 0 Å². The molecule has 0 aliphatic rings. The van der Waals surface area contributed by atoms with Gasteiger partial charge < -0.3 is 5.32 Å². The number of carbonyl (C=O) groups excluding carboxylic acids is 1. The Kier molecular flexibility index (Phi) is 7.76. The first-order chi connectivity index (χ1) is 17.3. The van der Waals surface area contributed by atoms with Crippen LogP contribution in [0.1, 0.15) is 60.8 Å². The zero-order valence-corrected chi connectivity index (χ0v) is 22.8. The second-order valence-corrected chi connectivity index (χ2v) is 10.2. The Morgan fingerprint density at radius 3 is 2.28 bits per heavy atom. The summed E-state index contributed by atoms with van der Waals surface area (Å²) in [6, 6.07) is 15.3. The molecule has 0 saturated carbocycles. The first-order valence-electron chi connectivity index (χ1n) is 12.2. The van der Waals surface area contributed by atoms with Crippen molar-refractivity contribution in [1.29, 1.82) is 0 Å². The number of aromatic nitrogens is 2. The summed E-state index contributed by atoms with van der Waals surface area (Å²) < 4.78 is 1.77. The quantitative estimate of drug-likeness (QED) is 0.289. The lowest BCUT2D eigenvalue weighted by molar-refractivity contribution is 0.0961. The summed E-state index contributed by atoms with van der Waals surface area (Å²) in [6.07, 6.45) is 1.54. The molecule has 4 aromatic rings. The third kappa shape index (κ3) is 4.75. The van der Waals surface area contributed by atoms with Crippen molar-refractivity contribution < 1.29 is 4.79 Å². The molecule has 1 N–H and O–H groups in total. The molecule has 2 heterocycles. The van der Waals surface area contributed by atoms with Crippen LogP contribution < -0.4 is 10.9 Å². The second-order valence-electron chi connectivity index (χ2n) is 8.91. The summed E-state index contributed by atoms with van der Waals surface area (Å²) in [5.41, 5.74) is 6.12. The Morgan fingerprint density at radius 2 is 1.72 bits per heavy atom. The van der Waals surface area contributed by atoms with Gasteiger partial charge in [0.1, 0.15) is 5.01 Å². The second kappa shape index (κ2) is 10.8. The van der Waals surface area contributed by atoms with E-state index in [1.807, 2.05) is 49.6 Å². The molecule has 0 spiro atoms. The first-order valence-corrected chi connectivity index (χ1v) is 13.4. The Hall–Kier alpha value is -3.22. The summed E-state index contributed by atoms with van der Waals surface area (Å²) in [6.45, 7) is 8.20. The number of carbonyl (C=O) groups is 1. The number of nitrogens with one attached hydrogen (secondary N) is 1. The number of nitrogens with zero attached hydrogens (tertiary/aromatic N) is 2. The van der Waals surface area contributed by atoms with Gasteiger partial charge in [-0.1, -0.05) is 69.6 Å². The number of thiazole rings is 1. The van der Waals surface area contributed by atoms with Gasteiger partial charge in [0.05, 0.1) is 22.5 Å². The van der Waals surface area contributed by atoms with E-state index in [1.165, 1.54) is 11.3 Å². The number of benzene rings is 2. The average molecular weight is 520 g/mol. The van der Waals surface area contributed by atoms with Crippen LogP contribution in [0, 0.1) is 0 Å². The molecule has 4 rings (SSSR count). The maximum Gasteiger partial charge on any atom is 0.265 e. The van der Waals surface area contributed by atoms with Crippen LogP contribution in [0.4, 0.5) is 0 Å². The van der Waals surface area contributed by atoms with Gasteiger partial charge in [-0.05, 0) is 48.1 Å². The highest BCUT2D eigenvalue weighted by Crippen LogP contribution is 2.32. The third-order valence-electron chi connectivity index (χ3n) is 6.32. The lowest BCUT2D eigenvalue weighted by Crippen LogP contribution is -2.31. The normalized spacial score (nSPS) is 11.2. The zero-order chi connectivity index (χ0) is 26.0. The van der Waals surface area contributed by atoms with Gasteiger partial charge in [0, 0.05) is 28.7 Å². The predicted molar refractivity (Wildman–Crippen MR) is 150 cm³/mol. The monoisotopic (exact) mass is 519 g/mol. The Bertz CT molecular complexity index is 1450. The topological polar surface area (TPSA) is 64.0 Å². The number of hydrogen-bond acceptors (Lipinski definition) is 4. The van der Waals surface area contributed by atoms with Crippen molar-refractivity contribution in [3.8, 4) is 27.5 Å². The first kappa shape index (κ1) is 25.9. The van der Waals surface area contributed by atoms with Gasteiger partial charge in [-0.25, -0.2) is 4.98 Å². The molecule has 0 atom stereocenters. The zero-order valence-electron chi connectivity index (χ0n) is 21.2. The number of halogens is 1. The van der Waals surface area contributed by atoms with Gasteiger partial charge >= 0.3 is 0 Å². The van der Waals surface area contributed by atoms with Crippen molar-refractivity contribution in [2.75, 3.05) is 7.05 Å². The number of amides is 1. The number of hydrogen-bond donors (Lipinski definition) is 1. The predicted octanol–water partition coefficient (Wildman–Crippen LogP) is 6.89. The molecular formula is C29H30ClN3O2S. The molecule has 0 radical (unpaired) electrons. The smallest absolute Gasteiger partial charge is 0.265 e. The molecule has 0 aliphatic heterocycles. The molecule has 7 heteroatoms. The summed E-state index contributed by atoms with van der Waals surface area (Å²) >= 11 is 7.44. The summed E-state index contributed by atoms with van der Waals surface area (Å²) in [4.78, 5) is 32.2. The molecule has 0 bridgehead atoms. The average Bonchev–Trinajstić information content (AvgIpc) is 3.37. The third-order valence-corrected chi connectivity index (χ3v) is 7.45. The lowest BCUT2D eigenvalue weighted by atomic mass is 9.97. The maximum absolute atomic E-state index is 14.3. The van der Waals surface area contributed by atoms with Gasteiger partial charge in [0.2, 0.25) is 0 Å². The van der Waals surface area contributed by atoms with Crippen LogP contribution in [0.5, 0.6) is 0 Å². The van der Waals surface area contributed by atoms with Gasteiger partial charge in [-0.2, -0.15) is 0 Å². The molecule has 0 unspecified atom stereocenters. The highest BCUT2D eigenvalue weighted by molar-refractivity contribution is 7.13. The van der Waals surface area contributed by atoms with Crippen LogP contribution in [0.2, 0.25) is 5.02 Å². The number of rotatable bonds is 7. The fourth-order valence-electron chi connectivity index (χ4n) is 4.54. The SMILES string of the molecule is CCc1cccc(CC)c1-n1c(C(C)C)c(C(=O)NC)cc(-c2nc(-c3ccc(Cl)cc3)cs2)c1=O. The van der Waals surface area contributed by atoms with Crippen LogP contribution in [0.25, 0.3) is 27.5 Å². The van der Waals surface area contributed by atoms with Crippen molar-refractivity contribution in [2.45, 2.75) is 46.5 Å². The summed E-state index contributed by atoms with van der Waals surface area (Å²) in [5, 5.41) is 5.92. The van der Waals surface area contributed by atoms with E-state index in [0.29, 0.717) is 26.9 Å². The fraction of sp³-hybridized carbons (Fsp3) is 0.276. The molecule has 0 saturated heterocycles. The van der Waals surface area contributed by atoms with E-state index in [1.54, 1.807) is 17.7 Å². The maximum atomic E-state index is 14.3. The van der Waals surface area contributed by atoms with Crippen LogP contribution in [0.15, 0.2) is 58.7 Å². The Labute approximate surface area is 220 Å². The van der Waals surface area contributed by atoms with E-state index in [0.717, 1.165) is 40.9 Å². The van der Waals surface area contributed by atoms with E-state index in [9.17, 15) is 9.59 Å². The van der Waals surface area contributed by atoms with Crippen molar-refractivity contribution in [3.05, 3.63) is 91.7 Å². The minimum absolute atomic E-state index is 0.0606. The van der Waals surface area contributed by atoms with E-state index < -0.39 is 0 Å². The summed E-state index contributed by atoms with van der Waals surface area (Å²) in [5.74, 6) is -0.287. The molecule has 0 aliphatic carbocycles. The van der Waals surface area contributed by atoms with Crippen molar-refractivity contribution >= 4 is 28.8 Å². The van der Waals surface area contributed by atoms with Gasteiger partial charge in [-0.3, -0.25) is 14.2 Å². The largest absolute Gasteiger partial charge is 0.355 e. The van der Waals surface area contributed by atoms with Crippen molar-refractivity contribution in [3.63, 3.8) is 0 Å². The minimum Gasteiger partial charge on any atom is -0.355 e. The highest BCUT2D eigenvalue weighted by atomic mass is 35.5. The number of aryl methyl sites for hydroxylation is 2. The summed E-state index contributed by atoms with van der Waals surface area (Å²) in [7, 11) is 1.61. The van der Waals surface area contributed by atoms with Gasteiger partial charge in [-0.15, -0.1) is 11.3 Å². The van der Waals surface area contributed by atoms with Crippen LogP contribution >= 0.6 is 22.9 Å². The van der Waals surface area contributed by atoms with E-state index in [4.69, 9.17) is 16.6 Å². The Morgan fingerprint density at radius 1 is 1.08 bits per heavy atom. The van der Waals surface area contributed by atoms with Crippen molar-refractivity contribution in [2.24, 2.45) is 0 Å². The highest BCUT2D eigenvalue weighted by Gasteiger charge is 2.26. The molecule has 0 fully saturated rings. The molecule has 1 amide bonds. The van der Waals surface area contributed by atoms with Crippen molar-refractivity contribution in [1.82, 2.24) is 14.9 Å². The molecule has 2 aromatic heterocycles. The van der Waals surface area contributed by atoms with E-state index in [-0.39, 0.29) is 17.4 Å². The number of pyridine rings is 1. The van der Waals surface area contributed by atoms with Crippen LogP contribution in [-0.4, -0.2) is 22.5 Å². The molecule has 5 nitrogen and oxygen atoms in total. The molecule has 36 heavy (non-hydrogen) atoms. The standard InChI is InChI=1S/C29H30ClN3O2S/c1-6-18-9-8-10-19(7-2)26(18)33-25(17(3)4)22(27(34)31-5)15-23(29(33)35)28-32-24(16-36-28)20-11-13-21(30)14-12-20/h8-17H,6-7H2,1-5H3,(H,31,34). The van der Waals surface area contributed by atoms with E-state index >= 15 is 0 Å². The van der Waals surface area contributed by atoms with Gasteiger partial charge in [0.25, 0.3) is 11.5 Å². The van der Waals surface area contributed by atoms with Crippen LogP contribution in [-0.2, 0) is 12.8 Å². The minimum atomic E-state index is -0.227.